The van der Waals surface area contributed by atoms with E-state index in [0.717, 1.165) is 33.4 Å². The Balaban J connectivity index is 1.33. The van der Waals surface area contributed by atoms with Crippen molar-refractivity contribution in [1.29, 1.82) is 0 Å². The van der Waals surface area contributed by atoms with Gasteiger partial charge in [-0.25, -0.2) is 4.68 Å². The van der Waals surface area contributed by atoms with E-state index < -0.39 is 10.1 Å². The molecule has 0 saturated carbocycles. The summed E-state index contributed by atoms with van der Waals surface area (Å²) >= 11 is 0. The van der Waals surface area contributed by atoms with Crippen molar-refractivity contribution in [3.8, 4) is 11.1 Å². The van der Waals surface area contributed by atoms with E-state index in [2.05, 4.69) is 39.3 Å². The molecule has 0 amide bonds. The van der Waals surface area contributed by atoms with Crippen molar-refractivity contribution in [2.75, 3.05) is 6.61 Å². The van der Waals surface area contributed by atoms with E-state index in [-0.39, 0.29) is 11.5 Å². The van der Waals surface area contributed by atoms with Gasteiger partial charge in [-0.1, -0.05) is 65.4 Å². The first kappa shape index (κ1) is 23.0. The maximum atomic E-state index is 12.5. The second kappa shape index (κ2) is 9.85. The lowest BCUT2D eigenvalue weighted by molar-refractivity contribution is 0.303. The molecule has 0 radical (unpaired) electrons. The highest BCUT2D eigenvalue weighted by atomic mass is 32.2. The molecule has 2 aromatic heterocycles. The Morgan fingerprint density at radius 1 is 0.886 bits per heavy atom. The molecule has 0 aliphatic carbocycles. The fourth-order valence-electron chi connectivity index (χ4n) is 4.05. The Kier molecular flexibility index (Phi) is 6.48. The summed E-state index contributed by atoms with van der Waals surface area (Å²) in [6.45, 7) is 3.17. The molecule has 0 bridgehead atoms. The standard InChI is InChI=1S/C27H26N4O3S/c1-21-12-14-25(15-13-21)35(32,33)34-17-7-16-30-19-23(22-8-3-2-4-9-22)18-24(30)20-31-27-11-6-5-10-26(27)28-29-31/h2-6,8-15,18-19H,7,16-17,20H2,1H3. The quantitative estimate of drug-likeness (QED) is 0.215. The molecule has 0 unspecified atom stereocenters. The molecule has 178 valence electrons. The molecule has 35 heavy (non-hydrogen) atoms. The molecule has 5 aromatic rings. The molecule has 3 aromatic carbocycles. The van der Waals surface area contributed by atoms with Crippen molar-refractivity contribution in [3.05, 3.63) is 102 Å². The average molecular weight is 487 g/mol. The first-order valence-electron chi connectivity index (χ1n) is 11.5. The monoisotopic (exact) mass is 486 g/mol. The van der Waals surface area contributed by atoms with Gasteiger partial charge in [-0.3, -0.25) is 4.18 Å². The van der Waals surface area contributed by atoms with Crippen LogP contribution >= 0.6 is 0 Å². The maximum absolute atomic E-state index is 12.5. The van der Waals surface area contributed by atoms with Gasteiger partial charge in [-0.05, 0) is 54.8 Å². The zero-order chi connectivity index (χ0) is 24.3. The largest absolute Gasteiger partial charge is 0.349 e. The Labute approximate surface area is 204 Å². The number of para-hydroxylation sites is 1. The lowest BCUT2D eigenvalue weighted by atomic mass is 10.1. The summed E-state index contributed by atoms with van der Waals surface area (Å²) in [7, 11) is -3.78. The third-order valence-corrected chi connectivity index (χ3v) is 7.24. The van der Waals surface area contributed by atoms with E-state index in [1.165, 1.54) is 0 Å². The van der Waals surface area contributed by atoms with Crippen LogP contribution in [0.4, 0.5) is 0 Å². The van der Waals surface area contributed by atoms with E-state index in [1.54, 1.807) is 24.3 Å². The highest BCUT2D eigenvalue weighted by molar-refractivity contribution is 7.86. The number of rotatable bonds is 9. The summed E-state index contributed by atoms with van der Waals surface area (Å²) in [6, 6.07) is 26.9. The first-order chi connectivity index (χ1) is 17.0. The Hall–Kier alpha value is -3.75. The van der Waals surface area contributed by atoms with E-state index in [9.17, 15) is 8.42 Å². The van der Waals surface area contributed by atoms with Gasteiger partial charge in [0.25, 0.3) is 10.1 Å². The van der Waals surface area contributed by atoms with Crippen LogP contribution < -0.4 is 0 Å². The van der Waals surface area contributed by atoms with Crippen LogP contribution in [-0.4, -0.2) is 34.6 Å². The fraction of sp³-hybridized carbons (Fsp3) is 0.185. The molecule has 2 heterocycles. The van der Waals surface area contributed by atoms with E-state index in [1.807, 2.05) is 54.1 Å². The highest BCUT2D eigenvalue weighted by Gasteiger charge is 2.15. The van der Waals surface area contributed by atoms with E-state index in [0.29, 0.717) is 19.5 Å². The topological polar surface area (TPSA) is 79.0 Å². The molecule has 0 N–H and O–H groups in total. The lowest BCUT2D eigenvalue weighted by Gasteiger charge is -2.10. The van der Waals surface area contributed by atoms with Crippen LogP contribution in [0, 0.1) is 6.92 Å². The summed E-state index contributed by atoms with van der Waals surface area (Å²) in [5.74, 6) is 0. The van der Waals surface area contributed by atoms with Crippen molar-refractivity contribution in [1.82, 2.24) is 19.6 Å². The summed E-state index contributed by atoms with van der Waals surface area (Å²) in [5.41, 5.74) is 6.09. The highest BCUT2D eigenvalue weighted by Crippen LogP contribution is 2.24. The number of benzene rings is 3. The minimum Gasteiger partial charge on any atom is -0.349 e. The fourth-order valence-corrected chi connectivity index (χ4v) is 4.99. The van der Waals surface area contributed by atoms with Gasteiger partial charge in [-0.2, -0.15) is 8.42 Å². The van der Waals surface area contributed by atoms with Crippen molar-refractivity contribution >= 4 is 21.2 Å². The molecular formula is C27H26N4O3S. The van der Waals surface area contributed by atoms with Crippen LogP contribution in [0.3, 0.4) is 0 Å². The zero-order valence-electron chi connectivity index (χ0n) is 19.4. The summed E-state index contributed by atoms with van der Waals surface area (Å²) < 4.78 is 34.3. The molecule has 0 atom stereocenters. The average Bonchev–Trinajstić information content (AvgIpc) is 3.47. The number of fused-ring (bicyclic) bond motifs is 1. The molecule has 0 saturated heterocycles. The molecule has 0 aliphatic rings. The third-order valence-electron chi connectivity index (χ3n) is 5.92. The second-order valence-electron chi connectivity index (χ2n) is 8.46. The van der Waals surface area contributed by atoms with E-state index in [4.69, 9.17) is 4.18 Å². The molecule has 8 heteroatoms. The number of aromatic nitrogens is 4. The van der Waals surface area contributed by atoms with Gasteiger partial charge in [-0.15, -0.1) is 5.10 Å². The maximum Gasteiger partial charge on any atom is 0.296 e. The zero-order valence-corrected chi connectivity index (χ0v) is 20.2. The van der Waals surface area contributed by atoms with Crippen molar-refractivity contribution < 1.29 is 12.6 Å². The molecule has 0 aliphatic heterocycles. The number of aryl methyl sites for hydroxylation is 2. The predicted molar refractivity (Wildman–Crippen MR) is 135 cm³/mol. The van der Waals surface area contributed by atoms with E-state index >= 15 is 0 Å². The van der Waals surface area contributed by atoms with Gasteiger partial charge < -0.3 is 4.57 Å². The molecule has 7 nitrogen and oxygen atoms in total. The number of nitrogens with zero attached hydrogens (tertiary/aromatic N) is 4. The Bertz CT molecular complexity index is 1540. The van der Waals surface area contributed by atoms with Crippen LogP contribution in [0.2, 0.25) is 0 Å². The Morgan fingerprint density at radius 2 is 1.63 bits per heavy atom. The summed E-state index contributed by atoms with van der Waals surface area (Å²) in [6.07, 6.45) is 2.64. The van der Waals surface area contributed by atoms with Crippen molar-refractivity contribution in [2.24, 2.45) is 0 Å². The summed E-state index contributed by atoms with van der Waals surface area (Å²) in [4.78, 5) is 0.175. The summed E-state index contributed by atoms with van der Waals surface area (Å²) in [5, 5.41) is 8.59. The van der Waals surface area contributed by atoms with Gasteiger partial charge in [0.2, 0.25) is 0 Å². The lowest BCUT2D eigenvalue weighted by Crippen LogP contribution is -2.12. The number of hydrogen-bond acceptors (Lipinski definition) is 5. The van der Waals surface area contributed by atoms with Gasteiger partial charge in [0.05, 0.1) is 23.6 Å². The van der Waals surface area contributed by atoms with Crippen LogP contribution in [0.5, 0.6) is 0 Å². The molecular weight excluding hydrogens is 460 g/mol. The molecule has 5 rings (SSSR count). The van der Waals surface area contributed by atoms with Crippen molar-refractivity contribution in [2.45, 2.75) is 31.3 Å². The van der Waals surface area contributed by atoms with Crippen molar-refractivity contribution in [3.63, 3.8) is 0 Å². The van der Waals surface area contributed by atoms with Crippen LogP contribution in [0.15, 0.2) is 96.0 Å². The van der Waals surface area contributed by atoms with Gasteiger partial charge in [0, 0.05) is 18.4 Å². The van der Waals surface area contributed by atoms with Gasteiger partial charge >= 0.3 is 0 Å². The predicted octanol–water partition coefficient (Wildman–Crippen LogP) is 5.05. The van der Waals surface area contributed by atoms with Gasteiger partial charge in [0.1, 0.15) is 5.52 Å². The molecule has 0 spiro atoms. The SMILES string of the molecule is Cc1ccc(S(=O)(=O)OCCCn2cc(-c3ccccc3)cc2Cn2nnc3ccccc32)cc1. The minimum absolute atomic E-state index is 0.0980. The second-order valence-corrected chi connectivity index (χ2v) is 10.1. The van der Waals surface area contributed by atoms with Crippen LogP contribution in [-0.2, 0) is 27.4 Å². The molecule has 0 fully saturated rings. The van der Waals surface area contributed by atoms with Crippen LogP contribution in [0.25, 0.3) is 22.2 Å². The van der Waals surface area contributed by atoms with Crippen LogP contribution in [0.1, 0.15) is 17.7 Å². The first-order valence-corrected chi connectivity index (χ1v) is 12.9. The Morgan fingerprint density at radius 3 is 2.43 bits per heavy atom. The minimum atomic E-state index is -3.78. The smallest absolute Gasteiger partial charge is 0.296 e. The normalized spacial score (nSPS) is 11.8. The third kappa shape index (κ3) is 5.18. The number of hydrogen-bond donors (Lipinski definition) is 0. The van der Waals surface area contributed by atoms with Gasteiger partial charge in [0.15, 0.2) is 0 Å².